The van der Waals surface area contributed by atoms with Gasteiger partial charge in [-0.25, -0.2) is 4.90 Å². The first kappa shape index (κ1) is 37.8. The molecule has 3 fully saturated rings. The molecule has 0 unspecified atom stereocenters. The summed E-state index contributed by atoms with van der Waals surface area (Å²) in [6.07, 6.45) is -9.20. The van der Waals surface area contributed by atoms with Gasteiger partial charge in [-0.3, -0.25) is 24.6 Å². The minimum atomic E-state index is -5.24. The second kappa shape index (κ2) is 13.2. The summed E-state index contributed by atoms with van der Waals surface area (Å²) in [5.41, 5.74) is -0.718. The molecule has 4 aliphatic rings. The van der Waals surface area contributed by atoms with E-state index >= 15 is 4.79 Å². The molecule has 2 aliphatic carbocycles. The van der Waals surface area contributed by atoms with Crippen LogP contribution in [0, 0.1) is 30.6 Å². The first-order valence-electron chi connectivity index (χ1n) is 18.0. The van der Waals surface area contributed by atoms with Crippen molar-refractivity contribution >= 4 is 35.0 Å². The summed E-state index contributed by atoms with van der Waals surface area (Å²) in [5, 5.41) is 12.6. The summed E-state index contributed by atoms with van der Waals surface area (Å²) in [5.74, 6) is -9.34. The lowest BCUT2D eigenvalue weighted by molar-refractivity contribution is -0.143. The van der Waals surface area contributed by atoms with E-state index in [0.717, 1.165) is 10.6 Å². The number of imide groups is 2. The van der Waals surface area contributed by atoms with Crippen LogP contribution in [0.4, 0.5) is 37.7 Å². The third-order valence-corrected chi connectivity index (χ3v) is 11.8. The smallest absolute Gasteiger partial charge is 0.416 e. The normalized spacial score (nSPS) is 25.9. The van der Waals surface area contributed by atoms with E-state index in [1.54, 1.807) is 72.8 Å². The van der Waals surface area contributed by atoms with Crippen molar-refractivity contribution < 1.29 is 55.4 Å². The van der Waals surface area contributed by atoms with Crippen LogP contribution >= 0.6 is 0 Å². The highest BCUT2D eigenvalue weighted by atomic mass is 19.4. The zero-order valence-electron chi connectivity index (χ0n) is 30.2. The molecule has 1 saturated carbocycles. The monoisotopic (exact) mass is 789 g/mol. The largest absolute Gasteiger partial charge is 0.508 e. The Hall–Kier alpha value is -6.12. The van der Waals surface area contributed by atoms with E-state index in [2.05, 4.69) is 5.43 Å². The van der Waals surface area contributed by atoms with Gasteiger partial charge in [0.25, 0.3) is 11.8 Å². The number of carbonyl (C=O) groups excluding carboxylic acids is 4. The van der Waals surface area contributed by atoms with Crippen LogP contribution in [-0.2, 0) is 36.9 Å². The molecule has 2 saturated heterocycles. The number of rotatable bonds is 6. The van der Waals surface area contributed by atoms with Gasteiger partial charge in [-0.05, 0) is 67.6 Å². The number of amides is 4. The van der Waals surface area contributed by atoms with Crippen molar-refractivity contribution in [3.8, 4) is 11.5 Å². The van der Waals surface area contributed by atoms with Gasteiger partial charge in [0, 0.05) is 17.5 Å². The molecule has 4 amide bonds. The third kappa shape index (κ3) is 5.84. The van der Waals surface area contributed by atoms with Crippen molar-refractivity contribution in [3.63, 3.8) is 0 Å². The highest BCUT2D eigenvalue weighted by Gasteiger charge is 2.70. The number of anilines is 2. The molecule has 9 nitrogen and oxygen atoms in total. The van der Waals surface area contributed by atoms with Crippen LogP contribution < -0.4 is 15.1 Å². The van der Waals surface area contributed by atoms with Crippen LogP contribution in [-0.4, -0.2) is 40.9 Å². The number of phenols is 1. The molecule has 6 atom stereocenters. The fourth-order valence-electron chi connectivity index (χ4n) is 9.31. The van der Waals surface area contributed by atoms with Gasteiger partial charge in [0.1, 0.15) is 11.5 Å². The topological polar surface area (TPSA) is 116 Å². The van der Waals surface area contributed by atoms with Crippen molar-refractivity contribution in [1.82, 2.24) is 5.01 Å². The number of alkyl halides is 6. The predicted octanol–water partition coefficient (Wildman–Crippen LogP) is 7.94. The number of allylic oxidation sites excluding steroid dienone is 2. The van der Waals surface area contributed by atoms with Gasteiger partial charge in [-0.1, -0.05) is 65.7 Å². The van der Waals surface area contributed by atoms with Crippen LogP contribution in [0.25, 0.3) is 0 Å². The lowest BCUT2D eigenvalue weighted by Gasteiger charge is -2.50. The number of nitrogens with zero attached hydrogens (tertiary/aromatic N) is 2. The molecule has 0 spiro atoms. The first-order valence-corrected chi connectivity index (χ1v) is 18.0. The number of ether oxygens (including phenoxy) is 1. The number of nitrogens with one attached hydrogen (secondary N) is 1. The van der Waals surface area contributed by atoms with Crippen LogP contribution in [0.3, 0.4) is 0 Å². The maximum atomic E-state index is 15.2. The van der Waals surface area contributed by atoms with E-state index in [-0.39, 0.29) is 36.0 Å². The number of aromatic hydroxyl groups is 1. The molecule has 0 bridgehead atoms. The first-order chi connectivity index (χ1) is 27.0. The Labute approximate surface area is 321 Å². The Morgan fingerprint density at radius 3 is 2.04 bits per heavy atom. The average molecular weight is 790 g/mol. The fourth-order valence-corrected chi connectivity index (χ4v) is 9.31. The minimum absolute atomic E-state index is 0.0867. The zero-order valence-corrected chi connectivity index (χ0v) is 30.2. The lowest BCUT2D eigenvalue weighted by Crippen LogP contribution is -2.53. The summed E-state index contributed by atoms with van der Waals surface area (Å²) in [7, 11) is 1.39. The molecule has 57 heavy (non-hydrogen) atoms. The SMILES string of the molecule is COc1ccc([C@H]2C3=CC[C@@H]4C(=O)N(c5cc(C(F)(F)F)cc(C(F)(F)F)c5)C(=O)[C@@H]4[C@@H]3C[C@H]3C(=O)N(Nc4ccc(C)cc4)C(=O)[C@@]23c2ccccc2)c(O)c1. The van der Waals surface area contributed by atoms with E-state index in [1.165, 1.54) is 13.2 Å². The maximum Gasteiger partial charge on any atom is 0.416 e. The van der Waals surface area contributed by atoms with Crippen molar-refractivity contribution in [2.45, 2.75) is 43.5 Å². The van der Waals surface area contributed by atoms with E-state index in [1.807, 2.05) is 6.92 Å². The number of carbonyl (C=O) groups is 4. The summed E-state index contributed by atoms with van der Waals surface area (Å²) in [4.78, 5) is 59.0. The second-order valence-electron chi connectivity index (χ2n) is 14.8. The zero-order chi connectivity index (χ0) is 40.8. The van der Waals surface area contributed by atoms with E-state index in [9.17, 15) is 45.8 Å². The number of hydrogen-bond donors (Lipinski definition) is 2. The lowest BCUT2D eigenvalue weighted by atomic mass is 9.49. The molecule has 0 radical (unpaired) electrons. The molecular formula is C42H33F6N3O6. The summed E-state index contributed by atoms with van der Waals surface area (Å²) >= 11 is 0. The quantitative estimate of drug-likeness (QED) is 0.116. The molecule has 2 heterocycles. The minimum Gasteiger partial charge on any atom is -0.508 e. The van der Waals surface area contributed by atoms with Gasteiger partial charge in [0.15, 0.2) is 0 Å². The second-order valence-corrected chi connectivity index (χ2v) is 14.8. The number of methoxy groups -OCH3 is 1. The molecule has 0 aromatic heterocycles. The number of benzene rings is 4. The number of phenolic OH excluding ortho intramolecular Hbond substituents is 1. The van der Waals surface area contributed by atoms with Crippen molar-refractivity contribution in [2.75, 3.05) is 17.4 Å². The molecule has 15 heteroatoms. The summed E-state index contributed by atoms with van der Waals surface area (Å²) < 4.78 is 88.8. The van der Waals surface area contributed by atoms with Gasteiger partial charge in [-0.2, -0.15) is 31.4 Å². The van der Waals surface area contributed by atoms with Crippen molar-refractivity contribution in [2.24, 2.45) is 23.7 Å². The highest BCUT2D eigenvalue weighted by Crippen LogP contribution is 2.65. The van der Waals surface area contributed by atoms with Crippen LogP contribution in [0.5, 0.6) is 11.5 Å². The molecule has 4 aromatic carbocycles. The third-order valence-electron chi connectivity index (χ3n) is 11.8. The van der Waals surface area contributed by atoms with Crippen LogP contribution in [0.15, 0.2) is 103 Å². The van der Waals surface area contributed by atoms with Gasteiger partial charge in [0.2, 0.25) is 11.8 Å². The molecule has 4 aromatic rings. The Balaban J connectivity index is 1.31. The molecule has 294 valence electrons. The molecular weight excluding hydrogens is 756 g/mol. The maximum absolute atomic E-state index is 15.2. The fraction of sp³-hybridized carbons (Fsp3) is 0.286. The molecule has 2 aliphatic heterocycles. The van der Waals surface area contributed by atoms with Gasteiger partial charge < -0.3 is 9.84 Å². The Morgan fingerprint density at radius 2 is 1.44 bits per heavy atom. The predicted molar refractivity (Wildman–Crippen MR) is 192 cm³/mol. The Morgan fingerprint density at radius 1 is 0.789 bits per heavy atom. The average Bonchev–Trinajstić information content (AvgIpc) is 3.56. The van der Waals surface area contributed by atoms with Gasteiger partial charge in [0.05, 0.1) is 52.8 Å². The Bertz CT molecular complexity index is 2330. The Kier molecular flexibility index (Phi) is 8.78. The number of fused-ring (bicyclic) bond motifs is 4. The van der Waals surface area contributed by atoms with E-state index < -0.39 is 87.8 Å². The van der Waals surface area contributed by atoms with E-state index in [4.69, 9.17) is 4.74 Å². The van der Waals surface area contributed by atoms with Crippen molar-refractivity contribution in [1.29, 1.82) is 0 Å². The van der Waals surface area contributed by atoms with Gasteiger partial charge >= 0.3 is 12.4 Å². The molecule has 2 N–H and O–H groups in total. The van der Waals surface area contributed by atoms with Gasteiger partial charge in [-0.15, -0.1) is 0 Å². The number of aryl methyl sites for hydroxylation is 1. The summed E-state index contributed by atoms with van der Waals surface area (Å²) in [6.45, 7) is 1.86. The molecule has 8 rings (SSSR count). The number of hydrogen-bond acceptors (Lipinski definition) is 7. The highest BCUT2D eigenvalue weighted by molar-refractivity contribution is 6.22. The number of halogens is 6. The standard InChI is InChI=1S/C42H33F6N3O6/c1-21-8-10-25(11-9-21)49-51-37(54)32-20-31-28(35(29-13-12-27(57-2)19-33(29)52)40(32,39(51)56)22-6-4-3-5-7-22)14-15-30-34(31)38(55)50(36(30)53)26-17-23(41(43,44)45)16-24(18-26)42(46,47)48/h3-14,16-19,30-32,34-35,49,52H,15,20H2,1-2H3/t30-,31+,32-,34-,35+,40+/m0/s1. The number of hydrazine groups is 1. The van der Waals surface area contributed by atoms with Crippen LogP contribution in [0.1, 0.15) is 46.6 Å². The van der Waals surface area contributed by atoms with Crippen molar-refractivity contribution in [3.05, 3.63) is 130 Å². The van der Waals surface area contributed by atoms with Crippen LogP contribution in [0.2, 0.25) is 0 Å². The summed E-state index contributed by atoms with van der Waals surface area (Å²) in [6, 6.07) is 20.4. The van der Waals surface area contributed by atoms with E-state index in [0.29, 0.717) is 33.9 Å².